The van der Waals surface area contributed by atoms with Gasteiger partial charge in [-0.15, -0.1) is 0 Å². The smallest absolute Gasteiger partial charge is 0.214 e. The zero-order valence-corrected chi connectivity index (χ0v) is 19.1. The maximum absolute atomic E-state index is 6.27. The van der Waals surface area contributed by atoms with E-state index >= 15 is 0 Å². The lowest BCUT2D eigenvalue weighted by atomic mass is 10.2. The van der Waals surface area contributed by atoms with Crippen molar-refractivity contribution in [2.75, 3.05) is 19.6 Å². The van der Waals surface area contributed by atoms with E-state index < -0.39 is 6.10 Å². The van der Waals surface area contributed by atoms with Gasteiger partial charge < -0.3 is 9.64 Å². The number of rotatable bonds is 7. The maximum atomic E-state index is 6.27. The number of pyridine rings is 2. The van der Waals surface area contributed by atoms with E-state index in [1.807, 2.05) is 30.1 Å². The van der Waals surface area contributed by atoms with Crippen molar-refractivity contribution in [1.82, 2.24) is 34.8 Å². The van der Waals surface area contributed by atoms with Crippen LogP contribution in [0.1, 0.15) is 31.4 Å². The second-order valence-electron chi connectivity index (χ2n) is 7.94. The predicted molar refractivity (Wildman–Crippen MR) is 124 cm³/mol. The number of fused-ring (bicyclic) bond motifs is 1. The van der Waals surface area contributed by atoms with Gasteiger partial charge in [0.05, 0.1) is 28.3 Å². The molecule has 4 aromatic heterocycles. The van der Waals surface area contributed by atoms with E-state index in [0.717, 1.165) is 35.4 Å². The molecule has 10 heteroatoms. The van der Waals surface area contributed by atoms with E-state index in [0.29, 0.717) is 21.5 Å². The summed E-state index contributed by atoms with van der Waals surface area (Å²) in [5.74, 6) is 0.457. The summed E-state index contributed by atoms with van der Waals surface area (Å²) >= 11 is 12.5. The average Bonchev–Trinajstić information content (AvgIpc) is 3.52. The van der Waals surface area contributed by atoms with Gasteiger partial charge in [-0.3, -0.25) is 14.8 Å². The summed E-state index contributed by atoms with van der Waals surface area (Å²) in [6, 6.07) is 3.69. The lowest BCUT2D eigenvalue weighted by Crippen LogP contribution is -2.24. The molecule has 1 N–H and O–H groups in total. The van der Waals surface area contributed by atoms with E-state index in [4.69, 9.17) is 32.9 Å². The van der Waals surface area contributed by atoms with Gasteiger partial charge in [-0.05, 0) is 38.9 Å². The Balaban J connectivity index is 1.36. The Morgan fingerprint density at radius 2 is 1.88 bits per heavy atom. The Labute approximate surface area is 195 Å². The SMILES string of the molecule is C[C@@H](Oc1ccc2[nH]nc(-c3cnn(CCN4CCCC4)c3)c2n1)c1c(Cl)cncc1Cl. The molecule has 166 valence electrons. The third kappa shape index (κ3) is 4.30. The van der Waals surface area contributed by atoms with Gasteiger partial charge >= 0.3 is 0 Å². The average molecular weight is 472 g/mol. The van der Waals surface area contributed by atoms with Crippen molar-refractivity contribution < 1.29 is 4.74 Å². The highest BCUT2D eigenvalue weighted by Gasteiger charge is 2.18. The standard InChI is InChI=1S/C22H23Cl2N7O/c1-14(20-16(23)11-25-12-17(20)24)32-19-5-4-18-22(27-19)21(29-28-18)15-10-26-31(13-15)9-8-30-6-2-3-7-30/h4-5,10-14H,2-3,6-9H2,1H3,(H,28,29)/t14-/m1/s1. The number of H-pyrrole nitrogens is 1. The van der Waals surface area contributed by atoms with E-state index in [1.165, 1.54) is 25.9 Å². The van der Waals surface area contributed by atoms with E-state index in [1.54, 1.807) is 18.5 Å². The summed E-state index contributed by atoms with van der Waals surface area (Å²) in [5.41, 5.74) is 3.88. The fraction of sp³-hybridized carbons (Fsp3) is 0.364. The molecule has 0 amide bonds. The Morgan fingerprint density at radius 3 is 2.66 bits per heavy atom. The molecule has 0 radical (unpaired) electrons. The summed E-state index contributed by atoms with van der Waals surface area (Å²) in [5, 5.41) is 12.9. The molecule has 0 aromatic carbocycles. The molecule has 0 saturated carbocycles. The van der Waals surface area contributed by atoms with Crippen LogP contribution in [0.15, 0.2) is 36.9 Å². The van der Waals surface area contributed by atoms with Gasteiger partial charge in [0.1, 0.15) is 17.3 Å². The van der Waals surface area contributed by atoms with E-state index in [9.17, 15) is 0 Å². The number of likely N-dealkylation sites (tertiary alicyclic amines) is 1. The van der Waals surface area contributed by atoms with Crippen molar-refractivity contribution in [1.29, 1.82) is 0 Å². The minimum atomic E-state index is -0.397. The fourth-order valence-corrected chi connectivity index (χ4v) is 4.73. The van der Waals surface area contributed by atoms with Crippen LogP contribution in [0.3, 0.4) is 0 Å². The van der Waals surface area contributed by atoms with Crippen molar-refractivity contribution >= 4 is 34.2 Å². The molecule has 8 nitrogen and oxygen atoms in total. The largest absolute Gasteiger partial charge is 0.470 e. The first-order valence-electron chi connectivity index (χ1n) is 10.6. The molecule has 1 aliphatic rings. The second kappa shape index (κ2) is 9.05. The van der Waals surface area contributed by atoms with Gasteiger partial charge in [-0.25, -0.2) is 4.98 Å². The van der Waals surface area contributed by atoms with Crippen LogP contribution in [0.2, 0.25) is 10.0 Å². The third-order valence-electron chi connectivity index (χ3n) is 5.73. The second-order valence-corrected chi connectivity index (χ2v) is 8.75. The first-order chi connectivity index (χ1) is 15.6. The highest BCUT2D eigenvalue weighted by molar-refractivity contribution is 6.35. The molecule has 0 bridgehead atoms. The summed E-state index contributed by atoms with van der Waals surface area (Å²) in [6.45, 7) is 6.10. The minimum absolute atomic E-state index is 0.397. The molecule has 1 fully saturated rings. The van der Waals surface area contributed by atoms with Gasteiger partial charge in [0.2, 0.25) is 5.88 Å². The molecule has 0 spiro atoms. The lowest BCUT2D eigenvalue weighted by molar-refractivity contribution is 0.218. The van der Waals surface area contributed by atoms with Gasteiger partial charge in [0.25, 0.3) is 0 Å². The summed E-state index contributed by atoms with van der Waals surface area (Å²) < 4.78 is 8.02. The molecular formula is C22H23Cl2N7O. The Hall–Kier alpha value is -2.68. The first-order valence-corrected chi connectivity index (χ1v) is 11.4. The van der Waals surface area contributed by atoms with Crippen LogP contribution in [0, 0.1) is 0 Å². The molecule has 0 unspecified atom stereocenters. The molecule has 1 aliphatic heterocycles. The molecule has 4 aromatic rings. The van der Waals surface area contributed by atoms with Gasteiger partial charge in [-0.2, -0.15) is 10.2 Å². The number of nitrogens with zero attached hydrogens (tertiary/aromatic N) is 6. The number of aromatic nitrogens is 6. The van der Waals surface area contributed by atoms with E-state index in [-0.39, 0.29) is 0 Å². The number of hydrogen-bond acceptors (Lipinski definition) is 6. The molecule has 1 saturated heterocycles. The molecule has 1 atom stereocenters. The van der Waals surface area contributed by atoms with Crippen LogP contribution in [-0.2, 0) is 6.54 Å². The van der Waals surface area contributed by atoms with Crippen molar-refractivity contribution in [3.8, 4) is 17.1 Å². The Bertz CT molecular complexity index is 1210. The molecule has 32 heavy (non-hydrogen) atoms. The summed E-state index contributed by atoms with van der Waals surface area (Å²) in [7, 11) is 0. The van der Waals surface area contributed by atoms with Crippen LogP contribution in [0.5, 0.6) is 5.88 Å². The summed E-state index contributed by atoms with van der Waals surface area (Å²) in [4.78, 5) is 11.2. The maximum Gasteiger partial charge on any atom is 0.214 e. The number of ether oxygens (including phenoxy) is 1. The van der Waals surface area contributed by atoms with Crippen molar-refractivity contribution in [2.24, 2.45) is 0 Å². The Morgan fingerprint density at radius 1 is 1.09 bits per heavy atom. The molecule has 5 heterocycles. The van der Waals surface area contributed by atoms with Crippen LogP contribution < -0.4 is 4.74 Å². The fourth-order valence-electron chi connectivity index (χ4n) is 4.06. The summed E-state index contributed by atoms with van der Waals surface area (Å²) in [6.07, 6.45) is 9.12. The van der Waals surface area contributed by atoms with Crippen molar-refractivity contribution in [2.45, 2.75) is 32.4 Å². The van der Waals surface area contributed by atoms with Gasteiger partial charge in [0, 0.05) is 42.3 Å². The predicted octanol–water partition coefficient (Wildman–Crippen LogP) is 4.76. The zero-order chi connectivity index (χ0) is 22.1. The zero-order valence-electron chi connectivity index (χ0n) is 17.6. The number of halogens is 2. The molecular weight excluding hydrogens is 449 g/mol. The monoisotopic (exact) mass is 471 g/mol. The first kappa shape index (κ1) is 21.2. The lowest BCUT2D eigenvalue weighted by Gasteiger charge is -2.16. The van der Waals surface area contributed by atoms with Crippen LogP contribution in [0.4, 0.5) is 0 Å². The van der Waals surface area contributed by atoms with Crippen molar-refractivity contribution in [3.63, 3.8) is 0 Å². The number of nitrogens with one attached hydrogen (secondary N) is 1. The van der Waals surface area contributed by atoms with E-state index in [2.05, 4.69) is 25.2 Å². The third-order valence-corrected chi connectivity index (χ3v) is 6.33. The van der Waals surface area contributed by atoms with Gasteiger partial charge in [-0.1, -0.05) is 23.2 Å². The molecule has 5 rings (SSSR count). The Kier molecular flexibility index (Phi) is 5.99. The quantitative estimate of drug-likeness (QED) is 0.418. The number of aromatic amines is 1. The highest BCUT2D eigenvalue weighted by atomic mass is 35.5. The topological polar surface area (TPSA) is 84.8 Å². The van der Waals surface area contributed by atoms with Crippen molar-refractivity contribution in [3.05, 3.63) is 52.5 Å². The van der Waals surface area contributed by atoms with Gasteiger partial charge in [0.15, 0.2) is 0 Å². The highest BCUT2D eigenvalue weighted by Crippen LogP contribution is 2.33. The van der Waals surface area contributed by atoms with Crippen LogP contribution in [-0.4, -0.2) is 54.5 Å². The van der Waals surface area contributed by atoms with Crippen LogP contribution in [0.25, 0.3) is 22.3 Å². The van der Waals surface area contributed by atoms with Crippen LogP contribution >= 0.6 is 23.2 Å². The number of hydrogen-bond donors (Lipinski definition) is 1. The minimum Gasteiger partial charge on any atom is -0.470 e. The molecule has 0 aliphatic carbocycles. The normalized spacial score (nSPS) is 15.5.